The van der Waals surface area contributed by atoms with Gasteiger partial charge in [0.1, 0.15) is 12.2 Å². The lowest BCUT2D eigenvalue weighted by Gasteiger charge is -2.00. The molecule has 0 fully saturated rings. The molecular formula is C25H20N8O. The van der Waals surface area contributed by atoms with E-state index in [0.717, 1.165) is 28.1 Å². The minimum atomic E-state index is -0.370. The Morgan fingerprint density at radius 2 is 1.50 bits per heavy atom. The van der Waals surface area contributed by atoms with Gasteiger partial charge in [0.2, 0.25) is 5.82 Å². The van der Waals surface area contributed by atoms with Crippen LogP contribution in [0.4, 0.5) is 0 Å². The Labute approximate surface area is 195 Å². The van der Waals surface area contributed by atoms with Gasteiger partial charge in [0.25, 0.3) is 5.91 Å². The maximum absolute atomic E-state index is 12.4. The third-order valence-corrected chi connectivity index (χ3v) is 4.97. The van der Waals surface area contributed by atoms with Gasteiger partial charge in [0.15, 0.2) is 0 Å². The van der Waals surface area contributed by atoms with E-state index in [2.05, 4.69) is 25.9 Å². The summed E-state index contributed by atoms with van der Waals surface area (Å²) in [5, 5.41) is 21.0. The van der Waals surface area contributed by atoms with E-state index in [-0.39, 0.29) is 12.5 Å². The number of hydrogen-bond donors (Lipinski definition) is 1. The van der Waals surface area contributed by atoms with Gasteiger partial charge in [-0.05, 0) is 17.3 Å². The van der Waals surface area contributed by atoms with Crippen molar-refractivity contribution in [3.63, 3.8) is 0 Å². The van der Waals surface area contributed by atoms with Crippen molar-refractivity contribution in [3.8, 4) is 28.3 Å². The topological polar surface area (TPSA) is 103 Å². The van der Waals surface area contributed by atoms with Crippen LogP contribution in [-0.4, -0.2) is 42.1 Å². The highest BCUT2D eigenvalue weighted by Crippen LogP contribution is 2.22. The predicted molar refractivity (Wildman–Crippen MR) is 128 cm³/mol. The summed E-state index contributed by atoms with van der Waals surface area (Å²) in [6.07, 6.45) is 3.45. The molecule has 9 heteroatoms. The molecule has 0 aliphatic rings. The number of amides is 1. The fourth-order valence-corrected chi connectivity index (χ4v) is 3.37. The molecule has 0 radical (unpaired) electrons. The lowest BCUT2D eigenvalue weighted by atomic mass is 10.1. The lowest BCUT2D eigenvalue weighted by Crippen LogP contribution is -2.24. The molecule has 0 saturated heterocycles. The summed E-state index contributed by atoms with van der Waals surface area (Å²) in [5.41, 5.74) is 6.75. The Kier molecular flexibility index (Phi) is 5.98. The van der Waals surface area contributed by atoms with Crippen LogP contribution < -0.4 is 5.43 Å². The van der Waals surface area contributed by atoms with Gasteiger partial charge in [-0.25, -0.2) is 10.1 Å². The third kappa shape index (κ3) is 4.78. The fraction of sp³-hybridized carbons (Fsp3) is 0.0400. The highest BCUT2D eigenvalue weighted by Gasteiger charge is 2.12. The molecule has 34 heavy (non-hydrogen) atoms. The Morgan fingerprint density at radius 3 is 2.21 bits per heavy atom. The van der Waals surface area contributed by atoms with Gasteiger partial charge in [0.05, 0.1) is 11.9 Å². The average Bonchev–Trinajstić information content (AvgIpc) is 3.53. The minimum Gasteiger partial charge on any atom is -0.271 e. The molecule has 0 saturated carbocycles. The smallest absolute Gasteiger partial charge is 0.263 e. The van der Waals surface area contributed by atoms with Gasteiger partial charge in [-0.2, -0.15) is 15.0 Å². The second-order valence-electron chi connectivity index (χ2n) is 7.38. The number of hydrogen-bond acceptors (Lipinski definition) is 6. The summed E-state index contributed by atoms with van der Waals surface area (Å²) >= 11 is 0. The molecule has 5 rings (SSSR count). The monoisotopic (exact) mass is 448 g/mol. The van der Waals surface area contributed by atoms with E-state index in [1.54, 1.807) is 10.9 Å². The van der Waals surface area contributed by atoms with Crippen molar-refractivity contribution < 1.29 is 4.79 Å². The second kappa shape index (κ2) is 9.70. The van der Waals surface area contributed by atoms with Gasteiger partial charge in [-0.3, -0.25) is 4.79 Å². The number of rotatable bonds is 7. The molecule has 166 valence electrons. The van der Waals surface area contributed by atoms with Gasteiger partial charge in [-0.15, -0.1) is 10.2 Å². The maximum atomic E-state index is 12.4. The highest BCUT2D eigenvalue weighted by molar-refractivity contribution is 5.89. The predicted octanol–water partition coefficient (Wildman–Crippen LogP) is 3.34. The van der Waals surface area contributed by atoms with E-state index in [4.69, 9.17) is 5.10 Å². The number of para-hydroxylation sites is 1. The van der Waals surface area contributed by atoms with Crippen molar-refractivity contribution in [2.24, 2.45) is 5.10 Å². The summed E-state index contributed by atoms with van der Waals surface area (Å²) < 4.78 is 1.79. The average molecular weight is 448 g/mol. The van der Waals surface area contributed by atoms with Gasteiger partial charge in [0, 0.05) is 22.9 Å². The summed E-state index contributed by atoms with van der Waals surface area (Å²) in [4.78, 5) is 13.6. The van der Waals surface area contributed by atoms with E-state index in [0.29, 0.717) is 5.82 Å². The molecule has 0 unspecified atom stereocenters. The zero-order valence-corrected chi connectivity index (χ0v) is 18.1. The van der Waals surface area contributed by atoms with E-state index in [1.165, 1.54) is 4.80 Å². The number of nitrogens with one attached hydrogen (secondary N) is 1. The number of carbonyl (C=O) groups excluding carboxylic acids is 1. The van der Waals surface area contributed by atoms with Crippen molar-refractivity contribution in [1.29, 1.82) is 0 Å². The molecule has 2 heterocycles. The number of benzene rings is 3. The van der Waals surface area contributed by atoms with Crippen LogP contribution in [-0.2, 0) is 11.3 Å². The van der Waals surface area contributed by atoms with Crippen LogP contribution in [0.3, 0.4) is 0 Å². The van der Waals surface area contributed by atoms with Gasteiger partial charge in [-0.1, -0.05) is 78.9 Å². The number of hydrazone groups is 1. The molecule has 0 aliphatic heterocycles. The molecule has 0 bridgehead atoms. The van der Waals surface area contributed by atoms with Crippen molar-refractivity contribution in [2.45, 2.75) is 6.54 Å². The molecule has 5 aromatic rings. The second-order valence-corrected chi connectivity index (χ2v) is 7.38. The number of carbonyl (C=O) groups is 1. The summed E-state index contributed by atoms with van der Waals surface area (Å²) in [5.74, 6) is 0.0858. The first kappa shape index (κ1) is 21.0. The van der Waals surface area contributed by atoms with E-state index in [1.807, 2.05) is 97.2 Å². The van der Waals surface area contributed by atoms with Crippen LogP contribution in [0, 0.1) is 0 Å². The minimum absolute atomic E-state index is 0.105. The molecule has 0 atom stereocenters. The molecule has 1 amide bonds. The molecule has 3 aromatic carbocycles. The van der Waals surface area contributed by atoms with Crippen molar-refractivity contribution in [3.05, 3.63) is 103 Å². The highest BCUT2D eigenvalue weighted by atomic mass is 16.2. The number of aromatic nitrogens is 6. The number of nitrogens with zero attached hydrogens (tertiary/aromatic N) is 7. The van der Waals surface area contributed by atoms with Crippen LogP contribution in [0.15, 0.2) is 102 Å². The van der Waals surface area contributed by atoms with E-state index in [9.17, 15) is 4.79 Å². The summed E-state index contributed by atoms with van der Waals surface area (Å²) in [7, 11) is 0. The first-order valence-electron chi connectivity index (χ1n) is 10.6. The largest absolute Gasteiger partial charge is 0.271 e. The zero-order valence-electron chi connectivity index (χ0n) is 18.1. The van der Waals surface area contributed by atoms with E-state index >= 15 is 0 Å². The summed E-state index contributed by atoms with van der Waals surface area (Å²) in [6, 6.07) is 29.1. The maximum Gasteiger partial charge on any atom is 0.263 e. The first-order chi connectivity index (χ1) is 16.8. The molecular weight excluding hydrogens is 428 g/mol. The number of tetrazole rings is 1. The Hall–Kier alpha value is -4.92. The normalized spacial score (nSPS) is 11.1. The van der Waals surface area contributed by atoms with Gasteiger partial charge < -0.3 is 0 Å². The van der Waals surface area contributed by atoms with Crippen LogP contribution in [0.1, 0.15) is 5.56 Å². The Balaban J connectivity index is 1.30. The molecule has 1 N–H and O–H groups in total. The standard InChI is InChI=1S/C25H20N8O/c34-23(18-33-30-25(28-31-33)20-12-6-2-7-13-20)27-26-16-21-17-32(22-14-8-3-9-15-22)29-24(21)19-10-4-1-5-11-19/h1-17H,18H2,(H,27,34). The molecule has 2 aromatic heterocycles. The third-order valence-electron chi connectivity index (χ3n) is 4.97. The van der Waals surface area contributed by atoms with Crippen LogP contribution >= 0.6 is 0 Å². The quantitative estimate of drug-likeness (QED) is 0.304. The van der Waals surface area contributed by atoms with Crippen molar-refractivity contribution in [2.75, 3.05) is 0 Å². The Morgan fingerprint density at radius 1 is 0.853 bits per heavy atom. The molecule has 9 nitrogen and oxygen atoms in total. The molecule has 0 aliphatic carbocycles. The fourth-order valence-electron chi connectivity index (χ4n) is 3.37. The van der Waals surface area contributed by atoms with E-state index < -0.39 is 0 Å². The van der Waals surface area contributed by atoms with Crippen LogP contribution in [0.25, 0.3) is 28.3 Å². The first-order valence-corrected chi connectivity index (χ1v) is 10.6. The van der Waals surface area contributed by atoms with Gasteiger partial charge >= 0.3 is 0 Å². The van der Waals surface area contributed by atoms with Crippen molar-refractivity contribution in [1.82, 2.24) is 35.4 Å². The zero-order chi connectivity index (χ0) is 23.2. The summed E-state index contributed by atoms with van der Waals surface area (Å²) in [6.45, 7) is -0.105. The van der Waals surface area contributed by atoms with Crippen LogP contribution in [0.2, 0.25) is 0 Å². The SMILES string of the molecule is O=C(Cn1nnc(-c2ccccc2)n1)NN=Cc1cn(-c2ccccc2)nc1-c1ccccc1. The molecule has 0 spiro atoms. The van der Waals surface area contributed by atoms with Crippen LogP contribution in [0.5, 0.6) is 0 Å². The van der Waals surface area contributed by atoms with Crippen molar-refractivity contribution >= 4 is 12.1 Å². The lowest BCUT2D eigenvalue weighted by molar-refractivity contribution is -0.122. The Bertz CT molecular complexity index is 1410.